The summed E-state index contributed by atoms with van der Waals surface area (Å²) in [5.41, 5.74) is 1.04. The number of esters is 1. The maximum absolute atomic E-state index is 11.0. The molecule has 0 amide bonds. The van der Waals surface area contributed by atoms with E-state index in [1.165, 1.54) is 12.3 Å². The molecule has 0 aromatic heterocycles. The van der Waals surface area contributed by atoms with Crippen molar-refractivity contribution in [3.63, 3.8) is 0 Å². The standard InChI is InChI=1S/C13H16O4/c1-2-16-13(15)8-10-17-12-5-3-11(4-6-12)7-9-14/h3-6,8,10,14H,2,7,9H2,1H3. The van der Waals surface area contributed by atoms with E-state index in [0.29, 0.717) is 18.8 Å². The topological polar surface area (TPSA) is 55.8 Å². The molecule has 92 valence electrons. The molecule has 1 aromatic rings. The number of aliphatic hydroxyl groups excluding tert-OH is 1. The third kappa shape index (κ3) is 5.17. The van der Waals surface area contributed by atoms with Crippen molar-refractivity contribution in [1.82, 2.24) is 0 Å². The lowest BCUT2D eigenvalue weighted by Gasteiger charge is -2.02. The first kappa shape index (κ1) is 13.3. The highest BCUT2D eigenvalue weighted by atomic mass is 16.5. The van der Waals surface area contributed by atoms with Gasteiger partial charge in [-0.2, -0.15) is 0 Å². The van der Waals surface area contributed by atoms with Crippen LogP contribution in [0.4, 0.5) is 0 Å². The van der Waals surface area contributed by atoms with Gasteiger partial charge >= 0.3 is 5.97 Å². The minimum Gasteiger partial charge on any atom is -0.465 e. The molecule has 0 saturated heterocycles. The Balaban J connectivity index is 2.44. The molecular formula is C13H16O4. The number of hydrogen-bond donors (Lipinski definition) is 1. The molecule has 0 bridgehead atoms. The molecule has 4 nitrogen and oxygen atoms in total. The average molecular weight is 236 g/mol. The molecular weight excluding hydrogens is 220 g/mol. The molecule has 1 aromatic carbocycles. The number of hydrogen-bond acceptors (Lipinski definition) is 4. The smallest absolute Gasteiger partial charge is 0.333 e. The van der Waals surface area contributed by atoms with Crippen LogP contribution in [0.2, 0.25) is 0 Å². The molecule has 0 heterocycles. The molecule has 0 fully saturated rings. The van der Waals surface area contributed by atoms with Gasteiger partial charge in [0.2, 0.25) is 0 Å². The summed E-state index contributed by atoms with van der Waals surface area (Å²) >= 11 is 0. The van der Waals surface area contributed by atoms with Crippen molar-refractivity contribution in [3.05, 3.63) is 42.2 Å². The van der Waals surface area contributed by atoms with Crippen molar-refractivity contribution in [2.75, 3.05) is 13.2 Å². The van der Waals surface area contributed by atoms with Crippen LogP contribution < -0.4 is 4.74 Å². The lowest BCUT2D eigenvalue weighted by atomic mass is 10.1. The Hall–Kier alpha value is -1.81. The predicted molar refractivity (Wildman–Crippen MR) is 63.6 cm³/mol. The first-order valence-electron chi connectivity index (χ1n) is 5.46. The molecule has 1 N–H and O–H groups in total. The molecule has 4 heteroatoms. The average Bonchev–Trinajstić information content (AvgIpc) is 2.32. The van der Waals surface area contributed by atoms with E-state index in [2.05, 4.69) is 0 Å². The van der Waals surface area contributed by atoms with Crippen molar-refractivity contribution in [2.24, 2.45) is 0 Å². The van der Waals surface area contributed by atoms with Gasteiger partial charge in [-0.25, -0.2) is 4.79 Å². The van der Waals surface area contributed by atoms with Crippen molar-refractivity contribution >= 4 is 5.97 Å². The van der Waals surface area contributed by atoms with Gasteiger partial charge in [0.15, 0.2) is 0 Å². The second-order valence-corrected chi connectivity index (χ2v) is 3.29. The van der Waals surface area contributed by atoms with Gasteiger partial charge < -0.3 is 14.6 Å². The first-order valence-corrected chi connectivity index (χ1v) is 5.46. The van der Waals surface area contributed by atoms with Crippen LogP contribution in [0, 0.1) is 0 Å². The highest BCUT2D eigenvalue weighted by Gasteiger charge is 1.95. The quantitative estimate of drug-likeness (QED) is 0.464. The fourth-order valence-electron chi connectivity index (χ4n) is 1.22. The van der Waals surface area contributed by atoms with Crippen LogP contribution in [-0.4, -0.2) is 24.3 Å². The highest BCUT2D eigenvalue weighted by Crippen LogP contribution is 2.12. The predicted octanol–water partition coefficient (Wildman–Crippen LogP) is 1.68. The molecule has 0 radical (unpaired) electrons. The van der Waals surface area contributed by atoms with E-state index in [9.17, 15) is 4.79 Å². The van der Waals surface area contributed by atoms with Gasteiger partial charge in [0.05, 0.1) is 18.9 Å². The number of rotatable bonds is 6. The first-order chi connectivity index (χ1) is 8.26. The Labute approximate surface area is 100 Å². The van der Waals surface area contributed by atoms with Crippen LogP contribution in [0.25, 0.3) is 0 Å². The molecule has 0 aliphatic carbocycles. The minimum atomic E-state index is -0.426. The largest absolute Gasteiger partial charge is 0.465 e. The number of aliphatic hydroxyl groups is 1. The number of carbonyl (C=O) groups excluding carboxylic acids is 1. The van der Waals surface area contributed by atoms with E-state index in [4.69, 9.17) is 14.6 Å². The van der Waals surface area contributed by atoms with Gasteiger partial charge in [0.1, 0.15) is 5.75 Å². The summed E-state index contributed by atoms with van der Waals surface area (Å²) in [5.74, 6) is 0.205. The summed E-state index contributed by atoms with van der Waals surface area (Å²) in [7, 11) is 0. The molecule has 0 saturated carbocycles. The second-order valence-electron chi connectivity index (χ2n) is 3.29. The zero-order chi connectivity index (χ0) is 12.5. The maximum atomic E-state index is 11.0. The Morgan fingerprint density at radius 3 is 2.65 bits per heavy atom. The fraction of sp³-hybridized carbons (Fsp3) is 0.308. The third-order valence-corrected chi connectivity index (χ3v) is 2.02. The van der Waals surface area contributed by atoms with Crippen LogP contribution >= 0.6 is 0 Å². The minimum absolute atomic E-state index is 0.128. The monoisotopic (exact) mass is 236 g/mol. The summed E-state index contributed by atoms with van der Waals surface area (Å²) in [5, 5.41) is 8.75. The summed E-state index contributed by atoms with van der Waals surface area (Å²) < 4.78 is 9.91. The van der Waals surface area contributed by atoms with Crippen LogP contribution in [0.15, 0.2) is 36.6 Å². The Morgan fingerprint density at radius 1 is 1.35 bits per heavy atom. The molecule has 17 heavy (non-hydrogen) atoms. The van der Waals surface area contributed by atoms with E-state index in [0.717, 1.165) is 5.56 Å². The van der Waals surface area contributed by atoms with Crippen LogP contribution in [0.5, 0.6) is 5.75 Å². The van der Waals surface area contributed by atoms with E-state index >= 15 is 0 Å². The molecule has 0 unspecified atom stereocenters. The van der Waals surface area contributed by atoms with E-state index in [1.54, 1.807) is 19.1 Å². The molecule has 0 aliphatic heterocycles. The van der Waals surface area contributed by atoms with Crippen LogP contribution in [-0.2, 0) is 16.0 Å². The summed E-state index contributed by atoms with van der Waals surface area (Å²) in [6, 6.07) is 7.29. The van der Waals surface area contributed by atoms with E-state index in [-0.39, 0.29) is 6.61 Å². The second kappa shape index (κ2) is 7.46. The van der Waals surface area contributed by atoms with Crippen molar-refractivity contribution < 1.29 is 19.4 Å². The third-order valence-electron chi connectivity index (χ3n) is 2.02. The van der Waals surface area contributed by atoms with Gasteiger partial charge in [0.25, 0.3) is 0 Å². The van der Waals surface area contributed by atoms with Gasteiger partial charge in [0, 0.05) is 6.61 Å². The van der Waals surface area contributed by atoms with Gasteiger partial charge in [-0.05, 0) is 31.0 Å². The summed E-state index contributed by atoms with van der Waals surface area (Å²) in [6.45, 7) is 2.22. The molecule has 0 spiro atoms. The zero-order valence-electron chi connectivity index (χ0n) is 9.76. The summed E-state index contributed by atoms with van der Waals surface area (Å²) in [6.07, 6.45) is 3.14. The number of ether oxygens (including phenoxy) is 2. The Kier molecular flexibility index (Phi) is 5.82. The lowest BCUT2D eigenvalue weighted by molar-refractivity contribution is -0.137. The number of carbonyl (C=O) groups is 1. The lowest BCUT2D eigenvalue weighted by Crippen LogP contribution is -1.99. The molecule has 0 aliphatic rings. The normalized spacial score (nSPS) is 10.5. The maximum Gasteiger partial charge on any atom is 0.333 e. The fourth-order valence-corrected chi connectivity index (χ4v) is 1.22. The molecule has 1 rings (SSSR count). The van der Waals surface area contributed by atoms with Crippen LogP contribution in [0.1, 0.15) is 12.5 Å². The van der Waals surface area contributed by atoms with Gasteiger partial charge in [-0.15, -0.1) is 0 Å². The number of benzene rings is 1. The highest BCUT2D eigenvalue weighted by molar-refractivity contribution is 5.81. The SMILES string of the molecule is CCOC(=O)C=COc1ccc(CCO)cc1. The molecule has 0 atom stereocenters. The zero-order valence-corrected chi connectivity index (χ0v) is 9.76. The summed E-state index contributed by atoms with van der Waals surface area (Å²) in [4.78, 5) is 11.0. The van der Waals surface area contributed by atoms with Gasteiger partial charge in [-0.3, -0.25) is 0 Å². The van der Waals surface area contributed by atoms with Crippen LogP contribution in [0.3, 0.4) is 0 Å². The van der Waals surface area contributed by atoms with E-state index in [1.807, 2.05) is 12.1 Å². The van der Waals surface area contributed by atoms with E-state index < -0.39 is 5.97 Å². The Morgan fingerprint density at radius 2 is 2.06 bits per heavy atom. The van der Waals surface area contributed by atoms with Crippen molar-refractivity contribution in [2.45, 2.75) is 13.3 Å². The van der Waals surface area contributed by atoms with Crippen molar-refractivity contribution in [3.8, 4) is 5.75 Å². The van der Waals surface area contributed by atoms with Crippen molar-refractivity contribution in [1.29, 1.82) is 0 Å². The Bertz CT molecular complexity index is 368. The van der Waals surface area contributed by atoms with Gasteiger partial charge in [-0.1, -0.05) is 12.1 Å².